The molecule has 0 radical (unpaired) electrons. The number of carbonyl (C=O) groups excluding carboxylic acids is 1. The molecular formula is C22H34N8O. The number of likely N-dealkylation sites (N-methyl/N-ethyl adjacent to an activating group) is 1. The van der Waals surface area contributed by atoms with Crippen LogP contribution >= 0.6 is 0 Å². The van der Waals surface area contributed by atoms with Gasteiger partial charge in [0.25, 0.3) is 0 Å². The fraction of sp³-hybridized carbons (Fsp3) is 0.545. The van der Waals surface area contributed by atoms with Gasteiger partial charge in [-0.2, -0.15) is 0 Å². The number of piperidine rings is 1. The van der Waals surface area contributed by atoms with E-state index in [2.05, 4.69) is 57.0 Å². The van der Waals surface area contributed by atoms with Gasteiger partial charge in [-0.15, -0.1) is 10.2 Å². The van der Waals surface area contributed by atoms with Crippen molar-refractivity contribution in [1.29, 1.82) is 0 Å². The number of hydrogen-bond acceptors (Lipinski definition) is 5. The largest absolute Gasteiger partial charge is 0.375 e. The molecule has 168 valence electrons. The molecule has 9 nitrogen and oxygen atoms in total. The standard InChI is InChI=1S/C22H34N8O/c1-17-26-27-20(30(17)4)15-24-22(25-18-11-12-21(31)29(3)16-18)23-13-8-14-28(2)19-9-6-5-7-10-19/h5-7,9-10,18H,8,11-16H2,1-4H3,(H2,23,24,25). The van der Waals surface area contributed by atoms with E-state index in [1.165, 1.54) is 5.69 Å². The van der Waals surface area contributed by atoms with Gasteiger partial charge in [-0.25, -0.2) is 4.99 Å². The fourth-order valence-corrected chi connectivity index (χ4v) is 3.55. The van der Waals surface area contributed by atoms with Crippen LogP contribution in [0.1, 0.15) is 30.9 Å². The summed E-state index contributed by atoms with van der Waals surface area (Å²) in [5.74, 6) is 2.63. The number of guanidine groups is 1. The summed E-state index contributed by atoms with van der Waals surface area (Å²) >= 11 is 0. The second-order valence-corrected chi connectivity index (χ2v) is 8.08. The Kier molecular flexibility index (Phi) is 7.86. The van der Waals surface area contributed by atoms with Crippen LogP contribution in [0.5, 0.6) is 0 Å². The molecule has 1 unspecified atom stereocenters. The van der Waals surface area contributed by atoms with Crippen LogP contribution < -0.4 is 15.5 Å². The molecule has 0 saturated carbocycles. The van der Waals surface area contributed by atoms with Gasteiger partial charge < -0.3 is 25.0 Å². The molecule has 9 heteroatoms. The third kappa shape index (κ3) is 6.44. The van der Waals surface area contributed by atoms with Crippen molar-refractivity contribution < 1.29 is 4.79 Å². The first kappa shape index (κ1) is 22.6. The number of aliphatic imine (C=N–C) groups is 1. The number of aromatic nitrogens is 3. The summed E-state index contributed by atoms with van der Waals surface area (Å²) in [6.45, 7) is 4.78. The molecular weight excluding hydrogens is 392 g/mol. The van der Waals surface area contributed by atoms with Crippen molar-refractivity contribution in [2.24, 2.45) is 12.0 Å². The summed E-state index contributed by atoms with van der Waals surface area (Å²) in [5.41, 5.74) is 1.21. The summed E-state index contributed by atoms with van der Waals surface area (Å²) in [7, 11) is 5.90. The molecule has 0 aliphatic carbocycles. The number of carbonyl (C=O) groups is 1. The molecule has 0 spiro atoms. The van der Waals surface area contributed by atoms with Crippen LogP contribution in [-0.4, -0.2) is 71.3 Å². The van der Waals surface area contributed by atoms with E-state index in [-0.39, 0.29) is 11.9 Å². The van der Waals surface area contributed by atoms with E-state index in [1.54, 1.807) is 4.90 Å². The second kappa shape index (κ2) is 10.8. The maximum Gasteiger partial charge on any atom is 0.222 e. The van der Waals surface area contributed by atoms with Gasteiger partial charge in [0.1, 0.15) is 12.4 Å². The topological polar surface area (TPSA) is 90.7 Å². The Morgan fingerprint density at radius 3 is 2.71 bits per heavy atom. The Morgan fingerprint density at radius 1 is 1.26 bits per heavy atom. The molecule has 2 N–H and O–H groups in total. The summed E-state index contributed by atoms with van der Waals surface area (Å²) in [5, 5.41) is 15.2. The lowest BCUT2D eigenvalue weighted by atomic mass is 10.1. The van der Waals surface area contributed by atoms with E-state index in [1.807, 2.05) is 31.7 Å². The lowest BCUT2D eigenvalue weighted by Gasteiger charge is -2.31. The van der Waals surface area contributed by atoms with Gasteiger partial charge in [-0.1, -0.05) is 18.2 Å². The van der Waals surface area contributed by atoms with Crippen molar-refractivity contribution in [2.45, 2.75) is 38.8 Å². The Morgan fingerprint density at radius 2 is 2.03 bits per heavy atom. The second-order valence-electron chi connectivity index (χ2n) is 8.08. The van der Waals surface area contributed by atoms with Crippen molar-refractivity contribution in [3.63, 3.8) is 0 Å². The Labute approximate surface area is 184 Å². The number of amides is 1. The first-order valence-corrected chi connectivity index (χ1v) is 10.8. The lowest BCUT2D eigenvalue weighted by Crippen LogP contribution is -2.52. The molecule has 31 heavy (non-hydrogen) atoms. The number of anilines is 1. The summed E-state index contributed by atoms with van der Waals surface area (Å²) in [6, 6.07) is 10.6. The van der Waals surface area contributed by atoms with Crippen LogP contribution in [0.15, 0.2) is 35.3 Å². The molecule has 1 amide bonds. The minimum absolute atomic E-state index is 0.183. The van der Waals surface area contributed by atoms with Crippen LogP contribution in [0.4, 0.5) is 5.69 Å². The van der Waals surface area contributed by atoms with Gasteiger partial charge in [0.2, 0.25) is 5.91 Å². The molecule has 1 saturated heterocycles. The lowest BCUT2D eigenvalue weighted by molar-refractivity contribution is -0.132. The highest BCUT2D eigenvalue weighted by Crippen LogP contribution is 2.11. The van der Waals surface area contributed by atoms with Crippen LogP contribution in [0.3, 0.4) is 0 Å². The van der Waals surface area contributed by atoms with Crippen molar-refractivity contribution in [3.8, 4) is 0 Å². The smallest absolute Gasteiger partial charge is 0.222 e. The molecule has 1 aromatic heterocycles. The Balaban J connectivity index is 1.56. The zero-order chi connectivity index (χ0) is 22.2. The van der Waals surface area contributed by atoms with Crippen molar-refractivity contribution >= 4 is 17.6 Å². The highest BCUT2D eigenvalue weighted by molar-refractivity contribution is 5.81. The predicted octanol–water partition coefficient (Wildman–Crippen LogP) is 1.31. The van der Waals surface area contributed by atoms with Crippen molar-refractivity contribution in [3.05, 3.63) is 42.0 Å². The third-order valence-electron chi connectivity index (χ3n) is 5.69. The van der Waals surface area contributed by atoms with E-state index < -0.39 is 0 Å². The number of para-hydroxylation sites is 1. The molecule has 1 fully saturated rings. The number of benzene rings is 1. The summed E-state index contributed by atoms with van der Waals surface area (Å²) in [4.78, 5) is 20.6. The number of nitrogens with one attached hydrogen (secondary N) is 2. The zero-order valence-electron chi connectivity index (χ0n) is 19.0. The highest BCUT2D eigenvalue weighted by Gasteiger charge is 2.23. The van der Waals surface area contributed by atoms with Gasteiger partial charge in [0.05, 0.1) is 0 Å². The van der Waals surface area contributed by atoms with Crippen molar-refractivity contribution in [2.75, 3.05) is 38.6 Å². The molecule has 2 aromatic rings. The number of aryl methyl sites for hydroxylation is 1. The molecule has 1 aliphatic heterocycles. The number of likely N-dealkylation sites (tertiary alicyclic amines) is 1. The average molecular weight is 427 g/mol. The first-order valence-electron chi connectivity index (χ1n) is 10.8. The monoisotopic (exact) mass is 426 g/mol. The molecule has 1 aliphatic rings. The van der Waals surface area contributed by atoms with Crippen LogP contribution in [0.25, 0.3) is 0 Å². The highest BCUT2D eigenvalue weighted by atomic mass is 16.2. The van der Waals surface area contributed by atoms with Gasteiger partial charge in [0.15, 0.2) is 11.8 Å². The predicted molar refractivity (Wildman–Crippen MR) is 123 cm³/mol. The zero-order valence-corrected chi connectivity index (χ0v) is 19.0. The number of nitrogens with zero attached hydrogens (tertiary/aromatic N) is 6. The van der Waals surface area contributed by atoms with Gasteiger partial charge in [0, 0.05) is 58.9 Å². The SMILES string of the molecule is Cc1nnc(CN=C(NCCCN(C)c2ccccc2)NC2CCC(=O)N(C)C2)n1C. The van der Waals surface area contributed by atoms with Crippen molar-refractivity contribution in [1.82, 2.24) is 30.3 Å². The van der Waals surface area contributed by atoms with E-state index in [4.69, 9.17) is 4.99 Å². The first-order chi connectivity index (χ1) is 14.9. The molecule has 0 bridgehead atoms. The normalized spacial score (nSPS) is 17.0. The van der Waals surface area contributed by atoms with Gasteiger partial charge >= 0.3 is 0 Å². The van der Waals surface area contributed by atoms with E-state index >= 15 is 0 Å². The van der Waals surface area contributed by atoms with E-state index in [0.29, 0.717) is 19.5 Å². The van der Waals surface area contributed by atoms with Gasteiger partial charge in [-0.05, 0) is 31.9 Å². The molecule has 1 atom stereocenters. The summed E-state index contributed by atoms with van der Waals surface area (Å²) in [6.07, 6.45) is 2.34. The maximum absolute atomic E-state index is 11.8. The summed E-state index contributed by atoms with van der Waals surface area (Å²) < 4.78 is 1.95. The average Bonchev–Trinajstić information content (AvgIpc) is 3.10. The van der Waals surface area contributed by atoms with Crippen LogP contribution in [-0.2, 0) is 18.4 Å². The number of rotatable bonds is 8. The minimum Gasteiger partial charge on any atom is -0.375 e. The molecule has 1 aromatic carbocycles. The molecule has 2 heterocycles. The Bertz CT molecular complexity index is 879. The minimum atomic E-state index is 0.183. The van der Waals surface area contributed by atoms with E-state index in [9.17, 15) is 4.79 Å². The number of hydrogen-bond donors (Lipinski definition) is 2. The maximum atomic E-state index is 11.8. The third-order valence-corrected chi connectivity index (χ3v) is 5.69. The Hall–Kier alpha value is -3.10. The van der Waals surface area contributed by atoms with Crippen LogP contribution in [0.2, 0.25) is 0 Å². The quantitative estimate of drug-likeness (QED) is 0.376. The van der Waals surface area contributed by atoms with Crippen LogP contribution in [0, 0.1) is 6.92 Å². The fourth-order valence-electron chi connectivity index (χ4n) is 3.55. The van der Waals surface area contributed by atoms with Gasteiger partial charge in [-0.3, -0.25) is 4.79 Å². The molecule has 3 rings (SSSR count). The van der Waals surface area contributed by atoms with E-state index in [0.717, 1.165) is 43.5 Å².